The number of rotatable bonds is 8. The molecule has 1 rings (SSSR count). The van der Waals surface area contributed by atoms with Crippen LogP contribution in [0.4, 0.5) is 0 Å². The predicted molar refractivity (Wildman–Crippen MR) is 93.0 cm³/mol. The number of aryl methyl sites for hydroxylation is 2. The van der Waals surface area contributed by atoms with Crippen LogP contribution in [0.2, 0.25) is 0 Å². The highest BCUT2D eigenvalue weighted by atomic mass is 16.3. The zero-order chi connectivity index (χ0) is 16.9. The predicted octanol–water partition coefficient (Wildman–Crippen LogP) is 3.52. The minimum Gasteiger partial charge on any atom is -0.392 e. The smallest absolute Gasteiger partial charge is 0.0687 e. The Bertz CT molecular complexity index is 489. The van der Waals surface area contributed by atoms with E-state index in [1.54, 1.807) is 0 Å². The summed E-state index contributed by atoms with van der Waals surface area (Å²) in [6, 6.07) is 2.58. The van der Waals surface area contributed by atoms with Gasteiger partial charge in [0.15, 0.2) is 0 Å². The molecule has 0 aliphatic rings. The Hall–Kier alpha value is -0.900. The third-order valence-corrected chi connectivity index (χ3v) is 4.50. The monoisotopic (exact) mass is 307 g/mol. The maximum atomic E-state index is 9.75. The molecule has 1 aromatic rings. The second-order valence-corrected chi connectivity index (χ2v) is 7.24. The van der Waals surface area contributed by atoms with E-state index in [4.69, 9.17) is 0 Å². The first-order chi connectivity index (χ1) is 10.2. The Morgan fingerprint density at radius 1 is 1.14 bits per heavy atom. The van der Waals surface area contributed by atoms with Crippen LogP contribution in [0.1, 0.15) is 67.9 Å². The van der Waals surface area contributed by atoms with E-state index < -0.39 is 5.60 Å². The van der Waals surface area contributed by atoms with Crippen molar-refractivity contribution in [3.05, 3.63) is 33.9 Å². The van der Waals surface area contributed by atoms with Crippen molar-refractivity contribution in [1.29, 1.82) is 0 Å². The lowest BCUT2D eigenvalue weighted by molar-refractivity contribution is 0.0675. The van der Waals surface area contributed by atoms with Gasteiger partial charge in [-0.2, -0.15) is 0 Å². The van der Waals surface area contributed by atoms with Gasteiger partial charge in [-0.3, -0.25) is 0 Å². The quantitative estimate of drug-likeness (QED) is 0.689. The van der Waals surface area contributed by atoms with Crippen molar-refractivity contribution in [1.82, 2.24) is 5.32 Å². The number of aliphatic hydroxyl groups is 2. The standard InChI is InChI=1S/C19H33NO2/c1-13-10-14(2)18(12-21)16(4)17(13)11-20-15(3)8-7-9-19(5,6)22/h10,15,20-22H,7-9,11-12H2,1-6H3/t15-/m0/s1. The lowest BCUT2D eigenvalue weighted by Crippen LogP contribution is -2.27. The Morgan fingerprint density at radius 3 is 2.27 bits per heavy atom. The molecule has 0 spiro atoms. The van der Waals surface area contributed by atoms with Crippen molar-refractivity contribution in [2.75, 3.05) is 0 Å². The van der Waals surface area contributed by atoms with Crippen LogP contribution in [0, 0.1) is 20.8 Å². The average Bonchev–Trinajstić information content (AvgIpc) is 2.36. The molecule has 0 unspecified atom stereocenters. The molecule has 0 heterocycles. The Kier molecular flexibility index (Phi) is 7.04. The lowest BCUT2D eigenvalue weighted by atomic mass is 9.93. The molecular formula is C19H33NO2. The van der Waals surface area contributed by atoms with Crippen LogP contribution in [0.5, 0.6) is 0 Å². The van der Waals surface area contributed by atoms with Crippen molar-refractivity contribution in [3.63, 3.8) is 0 Å². The molecule has 0 saturated carbocycles. The highest BCUT2D eigenvalue weighted by molar-refractivity contribution is 5.44. The third-order valence-electron chi connectivity index (χ3n) is 4.50. The zero-order valence-electron chi connectivity index (χ0n) is 15.1. The molecule has 3 heteroatoms. The molecule has 126 valence electrons. The number of aliphatic hydroxyl groups excluding tert-OH is 1. The van der Waals surface area contributed by atoms with E-state index >= 15 is 0 Å². The largest absolute Gasteiger partial charge is 0.392 e. The van der Waals surface area contributed by atoms with Gasteiger partial charge in [0, 0.05) is 12.6 Å². The molecule has 0 saturated heterocycles. The fourth-order valence-electron chi connectivity index (χ4n) is 3.01. The lowest BCUT2D eigenvalue weighted by Gasteiger charge is -2.21. The van der Waals surface area contributed by atoms with Gasteiger partial charge in [-0.15, -0.1) is 0 Å². The minimum atomic E-state index is -0.570. The van der Waals surface area contributed by atoms with Gasteiger partial charge in [0.05, 0.1) is 12.2 Å². The normalized spacial score (nSPS) is 13.5. The summed E-state index contributed by atoms with van der Waals surface area (Å²) in [5.41, 5.74) is 5.43. The van der Waals surface area contributed by atoms with E-state index in [-0.39, 0.29) is 6.61 Å². The van der Waals surface area contributed by atoms with E-state index in [0.29, 0.717) is 6.04 Å². The Balaban J connectivity index is 2.61. The number of hydrogen-bond donors (Lipinski definition) is 3. The van der Waals surface area contributed by atoms with Crippen LogP contribution in [0.15, 0.2) is 6.07 Å². The molecule has 3 nitrogen and oxygen atoms in total. The second-order valence-electron chi connectivity index (χ2n) is 7.24. The molecule has 0 aliphatic carbocycles. The van der Waals surface area contributed by atoms with Crippen LogP contribution in [0.3, 0.4) is 0 Å². The number of nitrogens with one attached hydrogen (secondary N) is 1. The van der Waals surface area contributed by atoms with Gasteiger partial charge in [-0.25, -0.2) is 0 Å². The molecule has 0 bridgehead atoms. The van der Waals surface area contributed by atoms with Crippen LogP contribution in [-0.2, 0) is 13.2 Å². The SMILES string of the molecule is Cc1cc(C)c(CN[C@@H](C)CCCC(C)(C)O)c(C)c1CO. The minimum absolute atomic E-state index is 0.103. The molecule has 22 heavy (non-hydrogen) atoms. The van der Waals surface area contributed by atoms with Gasteiger partial charge in [-0.1, -0.05) is 6.07 Å². The van der Waals surface area contributed by atoms with Gasteiger partial charge in [0.1, 0.15) is 0 Å². The van der Waals surface area contributed by atoms with E-state index in [2.05, 4.69) is 39.1 Å². The second kappa shape index (κ2) is 8.09. The van der Waals surface area contributed by atoms with E-state index in [1.807, 2.05) is 13.8 Å². The number of hydrogen-bond acceptors (Lipinski definition) is 3. The van der Waals surface area contributed by atoms with Crippen LogP contribution in [-0.4, -0.2) is 21.9 Å². The molecule has 1 atom stereocenters. The molecule has 0 radical (unpaired) electrons. The van der Waals surface area contributed by atoms with Crippen molar-refractivity contribution >= 4 is 0 Å². The molecule has 0 aromatic heterocycles. The van der Waals surface area contributed by atoms with Crippen molar-refractivity contribution in [2.24, 2.45) is 0 Å². The van der Waals surface area contributed by atoms with Gasteiger partial charge < -0.3 is 15.5 Å². The molecule has 0 aliphatic heterocycles. The first-order valence-corrected chi connectivity index (χ1v) is 8.31. The zero-order valence-corrected chi connectivity index (χ0v) is 15.1. The molecule has 3 N–H and O–H groups in total. The highest BCUT2D eigenvalue weighted by Crippen LogP contribution is 2.22. The summed E-state index contributed by atoms with van der Waals surface area (Å²) in [7, 11) is 0. The molecule has 1 aromatic carbocycles. The molecule has 0 amide bonds. The van der Waals surface area contributed by atoms with Gasteiger partial charge in [0.25, 0.3) is 0 Å². The van der Waals surface area contributed by atoms with Crippen LogP contribution < -0.4 is 5.32 Å². The maximum absolute atomic E-state index is 9.75. The van der Waals surface area contributed by atoms with Gasteiger partial charge in [0.2, 0.25) is 0 Å². The topological polar surface area (TPSA) is 52.5 Å². The molecule has 0 fully saturated rings. The number of benzene rings is 1. The van der Waals surface area contributed by atoms with E-state index in [1.165, 1.54) is 22.3 Å². The molecular weight excluding hydrogens is 274 g/mol. The summed E-state index contributed by atoms with van der Waals surface area (Å²) in [5, 5.41) is 22.9. The third kappa shape index (κ3) is 5.71. The summed E-state index contributed by atoms with van der Waals surface area (Å²) in [6.45, 7) is 13.1. The van der Waals surface area contributed by atoms with Crippen LogP contribution >= 0.6 is 0 Å². The summed E-state index contributed by atoms with van der Waals surface area (Å²) in [5.74, 6) is 0. The van der Waals surface area contributed by atoms with E-state index in [9.17, 15) is 10.2 Å². The summed E-state index contributed by atoms with van der Waals surface area (Å²) >= 11 is 0. The average molecular weight is 307 g/mol. The summed E-state index contributed by atoms with van der Waals surface area (Å²) in [6.07, 6.45) is 2.91. The highest BCUT2D eigenvalue weighted by Gasteiger charge is 2.14. The summed E-state index contributed by atoms with van der Waals surface area (Å²) in [4.78, 5) is 0. The first kappa shape index (κ1) is 19.1. The van der Waals surface area contributed by atoms with Gasteiger partial charge >= 0.3 is 0 Å². The maximum Gasteiger partial charge on any atom is 0.0687 e. The van der Waals surface area contributed by atoms with Gasteiger partial charge in [-0.05, 0) is 88.6 Å². The summed E-state index contributed by atoms with van der Waals surface area (Å²) < 4.78 is 0. The van der Waals surface area contributed by atoms with Crippen molar-refractivity contribution in [3.8, 4) is 0 Å². The Labute approximate surface area is 135 Å². The fourth-order valence-corrected chi connectivity index (χ4v) is 3.01. The van der Waals surface area contributed by atoms with Crippen molar-refractivity contribution < 1.29 is 10.2 Å². The Morgan fingerprint density at radius 2 is 1.73 bits per heavy atom. The van der Waals surface area contributed by atoms with Crippen LogP contribution in [0.25, 0.3) is 0 Å². The first-order valence-electron chi connectivity index (χ1n) is 8.31. The van der Waals surface area contributed by atoms with E-state index in [0.717, 1.165) is 31.4 Å². The fraction of sp³-hybridized carbons (Fsp3) is 0.684. The van der Waals surface area contributed by atoms with Crippen molar-refractivity contribution in [2.45, 2.75) is 85.6 Å².